The molecule has 20 heavy (non-hydrogen) atoms. The van der Waals surface area contributed by atoms with Crippen LogP contribution in [0.25, 0.3) is 0 Å². The molecule has 0 aliphatic heterocycles. The average Bonchev–Trinajstić information content (AvgIpc) is 3.22. The van der Waals surface area contributed by atoms with Gasteiger partial charge in [-0.15, -0.1) is 0 Å². The number of ether oxygens (including phenoxy) is 1. The van der Waals surface area contributed by atoms with Gasteiger partial charge in [0.1, 0.15) is 5.75 Å². The van der Waals surface area contributed by atoms with Gasteiger partial charge in [-0.25, -0.2) is 13.1 Å². The van der Waals surface area contributed by atoms with Crippen LogP contribution in [0.2, 0.25) is 0 Å². The number of rotatable bonds is 7. The Morgan fingerprint density at radius 1 is 1.30 bits per heavy atom. The summed E-state index contributed by atoms with van der Waals surface area (Å²) in [6, 6.07) is 6.38. The van der Waals surface area contributed by atoms with Crippen LogP contribution in [0.15, 0.2) is 29.2 Å². The largest absolute Gasteiger partial charge is 0.497 e. The lowest BCUT2D eigenvalue weighted by atomic mass is 10.3. The maximum atomic E-state index is 12.0. The van der Waals surface area contributed by atoms with E-state index in [2.05, 4.69) is 10.0 Å². The van der Waals surface area contributed by atoms with Crippen molar-refractivity contribution >= 4 is 15.9 Å². The highest BCUT2D eigenvalue weighted by Crippen LogP contribution is 2.18. The molecule has 0 bridgehead atoms. The molecule has 2 rings (SSSR count). The van der Waals surface area contributed by atoms with E-state index in [9.17, 15) is 13.2 Å². The minimum atomic E-state index is -3.58. The Morgan fingerprint density at radius 2 is 1.95 bits per heavy atom. The standard InChI is InChI=1S/C13H18N2O4S/c1-19-11-4-6-12(7-5-11)20(17,18)14-9-8-13(16)15-10-2-3-10/h4-7,10,14H,2-3,8-9H2,1H3,(H,15,16). The van der Waals surface area contributed by atoms with E-state index >= 15 is 0 Å². The van der Waals surface area contributed by atoms with E-state index in [0.717, 1.165) is 12.8 Å². The van der Waals surface area contributed by atoms with Gasteiger partial charge in [-0.1, -0.05) is 0 Å². The van der Waals surface area contributed by atoms with Gasteiger partial charge in [0.25, 0.3) is 0 Å². The SMILES string of the molecule is COc1ccc(S(=O)(=O)NCCC(=O)NC2CC2)cc1. The van der Waals surface area contributed by atoms with Gasteiger partial charge in [0, 0.05) is 19.0 Å². The van der Waals surface area contributed by atoms with Crippen molar-refractivity contribution < 1.29 is 17.9 Å². The Kier molecular flexibility index (Phi) is 4.61. The highest BCUT2D eigenvalue weighted by Gasteiger charge is 2.23. The van der Waals surface area contributed by atoms with E-state index in [1.54, 1.807) is 12.1 Å². The van der Waals surface area contributed by atoms with Crippen LogP contribution in [0.5, 0.6) is 5.75 Å². The summed E-state index contributed by atoms with van der Waals surface area (Å²) in [7, 11) is -2.07. The van der Waals surface area contributed by atoms with Crippen molar-refractivity contribution in [2.24, 2.45) is 0 Å². The van der Waals surface area contributed by atoms with Crippen LogP contribution in [0.1, 0.15) is 19.3 Å². The zero-order valence-corrected chi connectivity index (χ0v) is 12.1. The predicted octanol–water partition coefficient (Wildman–Crippen LogP) is 0.642. The highest BCUT2D eigenvalue weighted by atomic mass is 32.2. The van der Waals surface area contributed by atoms with E-state index in [-0.39, 0.29) is 23.8 Å². The molecule has 1 aliphatic rings. The number of amides is 1. The van der Waals surface area contributed by atoms with Gasteiger partial charge in [0.2, 0.25) is 15.9 Å². The fourth-order valence-corrected chi connectivity index (χ4v) is 2.70. The molecule has 2 N–H and O–H groups in total. The zero-order valence-electron chi connectivity index (χ0n) is 11.3. The van der Waals surface area contributed by atoms with E-state index < -0.39 is 10.0 Å². The van der Waals surface area contributed by atoms with Gasteiger partial charge in [0.15, 0.2) is 0 Å². The number of carbonyl (C=O) groups is 1. The van der Waals surface area contributed by atoms with Gasteiger partial charge >= 0.3 is 0 Å². The topological polar surface area (TPSA) is 84.5 Å². The first-order valence-corrected chi connectivity index (χ1v) is 7.92. The van der Waals surface area contributed by atoms with Crippen LogP contribution in [0.4, 0.5) is 0 Å². The van der Waals surface area contributed by atoms with E-state index in [1.165, 1.54) is 19.2 Å². The van der Waals surface area contributed by atoms with Crippen molar-refractivity contribution in [1.29, 1.82) is 0 Å². The third-order valence-corrected chi connectivity index (χ3v) is 4.43. The van der Waals surface area contributed by atoms with Gasteiger partial charge in [-0.3, -0.25) is 4.79 Å². The molecule has 0 spiro atoms. The van der Waals surface area contributed by atoms with Gasteiger partial charge in [0.05, 0.1) is 12.0 Å². The molecule has 1 fully saturated rings. The predicted molar refractivity (Wildman–Crippen MR) is 74.0 cm³/mol. The zero-order chi connectivity index (χ0) is 14.6. The van der Waals surface area contributed by atoms with Crippen LogP contribution >= 0.6 is 0 Å². The molecule has 0 saturated heterocycles. The third kappa shape index (κ3) is 4.21. The van der Waals surface area contributed by atoms with Crippen molar-refractivity contribution in [3.8, 4) is 5.75 Å². The molecular weight excluding hydrogens is 280 g/mol. The molecule has 110 valence electrons. The summed E-state index contributed by atoms with van der Waals surface area (Å²) in [6.45, 7) is 0.0902. The summed E-state index contributed by atoms with van der Waals surface area (Å²) in [4.78, 5) is 11.6. The Balaban J connectivity index is 1.84. The molecule has 0 atom stereocenters. The van der Waals surface area contributed by atoms with Crippen molar-refractivity contribution in [3.05, 3.63) is 24.3 Å². The van der Waals surface area contributed by atoms with E-state index in [4.69, 9.17) is 4.74 Å². The molecule has 1 saturated carbocycles. The molecule has 6 nitrogen and oxygen atoms in total. The number of benzene rings is 1. The van der Waals surface area contributed by atoms with Crippen LogP contribution in [0.3, 0.4) is 0 Å². The lowest BCUT2D eigenvalue weighted by molar-refractivity contribution is -0.121. The first-order valence-electron chi connectivity index (χ1n) is 6.44. The smallest absolute Gasteiger partial charge is 0.240 e. The van der Waals surface area contributed by atoms with Gasteiger partial charge < -0.3 is 10.1 Å². The molecule has 0 aromatic heterocycles. The second kappa shape index (κ2) is 6.23. The molecule has 1 aromatic rings. The lowest BCUT2D eigenvalue weighted by Crippen LogP contribution is -2.31. The number of carbonyl (C=O) groups excluding carboxylic acids is 1. The monoisotopic (exact) mass is 298 g/mol. The highest BCUT2D eigenvalue weighted by molar-refractivity contribution is 7.89. The van der Waals surface area contributed by atoms with E-state index in [1.807, 2.05) is 0 Å². The normalized spacial score (nSPS) is 14.8. The number of methoxy groups -OCH3 is 1. The Bertz CT molecular complexity index is 565. The summed E-state index contributed by atoms with van der Waals surface area (Å²) in [6.07, 6.45) is 2.18. The Morgan fingerprint density at radius 3 is 2.50 bits per heavy atom. The average molecular weight is 298 g/mol. The summed E-state index contributed by atoms with van der Waals surface area (Å²) < 4.78 is 31.3. The molecule has 1 aromatic carbocycles. The quantitative estimate of drug-likeness (QED) is 0.774. The maximum absolute atomic E-state index is 12.0. The second-order valence-corrected chi connectivity index (χ2v) is 6.43. The van der Waals surface area contributed by atoms with Crippen LogP contribution in [-0.2, 0) is 14.8 Å². The minimum absolute atomic E-state index is 0.0902. The third-order valence-electron chi connectivity index (χ3n) is 2.96. The summed E-state index contributed by atoms with van der Waals surface area (Å²) in [5, 5.41) is 2.80. The number of nitrogens with one attached hydrogen (secondary N) is 2. The van der Waals surface area contributed by atoms with Gasteiger partial charge in [-0.2, -0.15) is 0 Å². The molecule has 0 radical (unpaired) electrons. The number of hydrogen-bond acceptors (Lipinski definition) is 4. The van der Waals surface area contributed by atoms with Crippen LogP contribution in [0, 0.1) is 0 Å². The fourth-order valence-electron chi connectivity index (χ4n) is 1.66. The summed E-state index contributed by atoms with van der Waals surface area (Å²) >= 11 is 0. The Hall–Kier alpha value is -1.60. The van der Waals surface area contributed by atoms with Crippen molar-refractivity contribution in [1.82, 2.24) is 10.0 Å². The van der Waals surface area contributed by atoms with Crippen molar-refractivity contribution in [3.63, 3.8) is 0 Å². The first kappa shape index (κ1) is 14.8. The number of hydrogen-bond donors (Lipinski definition) is 2. The fraction of sp³-hybridized carbons (Fsp3) is 0.462. The van der Waals surface area contributed by atoms with Gasteiger partial charge in [-0.05, 0) is 37.1 Å². The minimum Gasteiger partial charge on any atom is -0.497 e. The maximum Gasteiger partial charge on any atom is 0.240 e. The second-order valence-electron chi connectivity index (χ2n) is 4.67. The summed E-state index contributed by atoms with van der Waals surface area (Å²) in [5.41, 5.74) is 0. The first-order chi connectivity index (χ1) is 9.51. The van der Waals surface area contributed by atoms with Crippen molar-refractivity contribution in [2.75, 3.05) is 13.7 Å². The van der Waals surface area contributed by atoms with Crippen LogP contribution in [-0.4, -0.2) is 34.0 Å². The van der Waals surface area contributed by atoms with E-state index in [0.29, 0.717) is 11.8 Å². The summed E-state index contributed by atoms with van der Waals surface area (Å²) in [5.74, 6) is 0.470. The molecule has 0 unspecified atom stereocenters. The Labute approximate surface area is 118 Å². The number of sulfonamides is 1. The van der Waals surface area contributed by atoms with Crippen molar-refractivity contribution in [2.45, 2.75) is 30.2 Å². The molecule has 1 amide bonds. The molecule has 7 heteroatoms. The molecule has 1 aliphatic carbocycles. The molecule has 0 heterocycles. The lowest BCUT2D eigenvalue weighted by Gasteiger charge is -2.07. The molecular formula is C13H18N2O4S. The van der Waals surface area contributed by atoms with Crippen LogP contribution < -0.4 is 14.8 Å².